The van der Waals surface area contributed by atoms with Crippen molar-refractivity contribution in [2.24, 2.45) is 0 Å². The number of benzene rings is 2. The van der Waals surface area contributed by atoms with Crippen LogP contribution in [0.5, 0.6) is 11.5 Å². The maximum Gasteiger partial charge on any atom is 0.387 e. The Kier molecular flexibility index (Phi) is 6.64. The fraction of sp³-hybridized carbons (Fsp3) is 0.222. The number of ether oxygens (including phenoxy) is 2. The van der Waals surface area contributed by atoms with Crippen LogP contribution in [0.25, 0.3) is 0 Å². The highest BCUT2D eigenvalue weighted by Crippen LogP contribution is 2.29. The first-order valence-corrected chi connectivity index (χ1v) is 7.77. The van der Waals surface area contributed by atoms with Crippen molar-refractivity contribution < 1.29 is 32.2 Å². The van der Waals surface area contributed by atoms with Crippen LogP contribution in [0.4, 0.5) is 18.9 Å². The number of anilines is 1. The average Bonchev–Trinajstić information content (AvgIpc) is 2.62. The summed E-state index contributed by atoms with van der Waals surface area (Å²) in [6.45, 7) is -1.71. The van der Waals surface area contributed by atoms with E-state index in [1.54, 1.807) is 6.92 Å². The van der Waals surface area contributed by atoms with Gasteiger partial charge in [-0.2, -0.15) is 8.78 Å². The summed E-state index contributed by atoms with van der Waals surface area (Å²) in [5, 5.41) is 4.86. The Bertz CT molecular complexity index is 843. The van der Waals surface area contributed by atoms with Crippen molar-refractivity contribution in [2.45, 2.75) is 13.5 Å². The smallest absolute Gasteiger partial charge is 0.387 e. The lowest BCUT2D eigenvalue weighted by Crippen LogP contribution is -2.33. The molecule has 0 atom stereocenters. The summed E-state index contributed by atoms with van der Waals surface area (Å²) in [5.41, 5.74) is 1.04. The number of carbonyl (C=O) groups excluding carboxylic acids is 2. The zero-order valence-electron chi connectivity index (χ0n) is 14.5. The molecule has 9 heteroatoms. The Labute approximate surface area is 153 Å². The summed E-state index contributed by atoms with van der Waals surface area (Å²) < 4.78 is 47.0. The lowest BCUT2D eigenvalue weighted by molar-refractivity contribution is -0.115. The first kappa shape index (κ1) is 20.1. The summed E-state index contributed by atoms with van der Waals surface area (Å²) >= 11 is 0. The van der Waals surface area contributed by atoms with Gasteiger partial charge in [0.2, 0.25) is 5.91 Å². The van der Waals surface area contributed by atoms with Crippen LogP contribution in [0.2, 0.25) is 0 Å². The molecule has 2 aromatic rings. The van der Waals surface area contributed by atoms with Crippen molar-refractivity contribution in [3.05, 3.63) is 53.3 Å². The fourth-order valence-corrected chi connectivity index (χ4v) is 2.19. The standard InChI is InChI=1S/C18H17F3N2O4/c1-10-3-5-12(19)8-13(10)23-16(24)9-22-17(25)11-4-6-14(27-18(20)21)15(7-11)26-2/h3-8,18H,9H2,1-2H3,(H,22,25)(H,23,24). The average molecular weight is 382 g/mol. The van der Waals surface area contributed by atoms with Crippen LogP contribution in [-0.2, 0) is 4.79 Å². The summed E-state index contributed by atoms with van der Waals surface area (Å²) in [6.07, 6.45) is 0. The number of aryl methyl sites for hydroxylation is 1. The number of amides is 2. The second kappa shape index (κ2) is 8.93. The third-order valence-corrected chi connectivity index (χ3v) is 3.53. The molecule has 0 unspecified atom stereocenters. The second-order valence-corrected chi connectivity index (χ2v) is 5.43. The van der Waals surface area contributed by atoms with Gasteiger partial charge in [-0.25, -0.2) is 4.39 Å². The number of halogens is 3. The normalized spacial score (nSPS) is 10.4. The third-order valence-electron chi connectivity index (χ3n) is 3.53. The van der Waals surface area contributed by atoms with E-state index in [9.17, 15) is 22.8 Å². The fourth-order valence-electron chi connectivity index (χ4n) is 2.19. The minimum Gasteiger partial charge on any atom is -0.493 e. The minimum atomic E-state index is -3.03. The van der Waals surface area contributed by atoms with Gasteiger partial charge in [-0.3, -0.25) is 9.59 Å². The highest BCUT2D eigenvalue weighted by atomic mass is 19.3. The molecule has 2 aromatic carbocycles. The largest absolute Gasteiger partial charge is 0.493 e. The van der Waals surface area contributed by atoms with E-state index in [-0.39, 0.29) is 23.6 Å². The van der Waals surface area contributed by atoms with Gasteiger partial charge >= 0.3 is 6.61 Å². The summed E-state index contributed by atoms with van der Waals surface area (Å²) in [7, 11) is 1.24. The van der Waals surface area contributed by atoms with Crippen LogP contribution in [0, 0.1) is 12.7 Å². The highest BCUT2D eigenvalue weighted by Gasteiger charge is 2.15. The van der Waals surface area contributed by atoms with Crippen LogP contribution in [0.15, 0.2) is 36.4 Å². The van der Waals surface area contributed by atoms with E-state index in [2.05, 4.69) is 15.4 Å². The Morgan fingerprint density at radius 3 is 2.52 bits per heavy atom. The molecule has 2 amide bonds. The van der Waals surface area contributed by atoms with Crippen molar-refractivity contribution in [3.8, 4) is 11.5 Å². The summed E-state index contributed by atoms with van der Waals surface area (Å²) in [5.74, 6) is -1.95. The van der Waals surface area contributed by atoms with Crippen LogP contribution >= 0.6 is 0 Å². The quantitative estimate of drug-likeness (QED) is 0.772. The first-order valence-electron chi connectivity index (χ1n) is 7.77. The molecule has 6 nitrogen and oxygen atoms in total. The predicted octanol–water partition coefficient (Wildman–Crippen LogP) is 3.11. The summed E-state index contributed by atoms with van der Waals surface area (Å²) in [4.78, 5) is 24.1. The van der Waals surface area contributed by atoms with Gasteiger partial charge in [-0.05, 0) is 42.8 Å². The van der Waals surface area contributed by atoms with Crippen molar-refractivity contribution >= 4 is 17.5 Å². The van der Waals surface area contributed by atoms with Crippen LogP contribution in [0.3, 0.4) is 0 Å². The van der Waals surface area contributed by atoms with Gasteiger partial charge in [0.15, 0.2) is 11.5 Å². The third kappa shape index (κ3) is 5.63. The molecule has 2 N–H and O–H groups in total. The van der Waals surface area contributed by atoms with E-state index >= 15 is 0 Å². The molecule has 0 bridgehead atoms. The Morgan fingerprint density at radius 1 is 1.11 bits per heavy atom. The second-order valence-electron chi connectivity index (χ2n) is 5.43. The van der Waals surface area contributed by atoms with Gasteiger partial charge in [-0.15, -0.1) is 0 Å². The molecule has 0 spiro atoms. The van der Waals surface area contributed by atoms with Gasteiger partial charge < -0.3 is 20.1 Å². The zero-order chi connectivity index (χ0) is 20.0. The van der Waals surface area contributed by atoms with Crippen molar-refractivity contribution in [1.29, 1.82) is 0 Å². The van der Waals surface area contributed by atoms with Gasteiger partial charge in [0.1, 0.15) is 5.82 Å². The molecular formula is C18H17F3N2O4. The van der Waals surface area contributed by atoms with Crippen LogP contribution < -0.4 is 20.1 Å². The predicted molar refractivity (Wildman–Crippen MR) is 91.7 cm³/mol. The molecule has 0 aliphatic carbocycles. The number of alkyl halides is 2. The first-order chi connectivity index (χ1) is 12.8. The monoisotopic (exact) mass is 382 g/mol. The highest BCUT2D eigenvalue weighted by molar-refractivity contribution is 5.99. The number of rotatable bonds is 7. The Morgan fingerprint density at radius 2 is 1.85 bits per heavy atom. The van der Waals surface area contributed by atoms with Crippen LogP contribution in [-0.4, -0.2) is 32.1 Å². The maximum absolute atomic E-state index is 13.2. The van der Waals surface area contributed by atoms with E-state index in [1.807, 2.05) is 0 Å². The Hall–Kier alpha value is -3.23. The molecular weight excluding hydrogens is 365 g/mol. The molecule has 0 saturated carbocycles. The lowest BCUT2D eigenvalue weighted by Gasteiger charge is -2.12. The topological polar surface area (TPSA) is 76.7 Å². The van der Waals surface area contributed by atoms with E-state index in [0.29, 0.717) is 11.3 Å². The van der Waals surface area contributed by atoms with E-state index in [0.717, 1.165) is 6.07 Å². The molecule has 27 heavy (non-hydrogen) atoms. The summed E-state index contributed by atoms with van der Waals surface area (Å²) in [6, 6.07) is 7.57. The van der Waals surface area contributed by atoms with E-state index < -0.39 is 24.2 Å². The van der Waals surface area contributed by atoms with Gasteiger partial charge in [-0.1, -0.05) is 6.07 Å². The molecule has 2 rings (SSSR count). The van der Waals surface area contributed by atoms with Crippen molar-refractivity contribution in [2.75, 3.05) is 19.0 Å². The lowest BCUT2D eigenvalue weighted by atomic mass is 10.2. The van der Waals surface area contributed by atoms with Crippen molar-refractivity contribution in [1.82, 2.24) is 5.32 Å². The molecule has 0 saturated heterocycles. The zero-order valence-corrected chi connectivity index (χ0v) is 14.5. The van der Waals surface area contributed by atoms with E-state index in [1.165, 1.54) is 37.4 Å². The van der Waals surface area contributed by atoms with Crippen molar-refractivity contribution in [3.63, 3.8) is 0 Å². The minimum absolute atomic E-state index is 0.0530. The number of hydrogen-bond acceptors (Lipinski definition) is 4. The molecule has 0 aliphatic rings. The molecule has 0 fully saturated rings. The molecule has 0 radical (unpaired) electrons. The molecule has 0 heterocycles. The Balaban J connectivity index is 1.98. The van der Waals surface area contributed by atoms with Gasteiger partial charge in [0.25, 0.3) is 5.91 Å². The number of methoxy groups -OCH3 is 1. The molecule has 144 valence electrons. The maximum atomic E-state index is 13.2. The molecule has 0 aliphatic heterocycles. The van der Waals surface area contributed by atoms with Crippen LogP contribution in [0.1, 0.15) is 15.9 Å². The number of nitrogens with one attached hydrogen (secondary N) is 2. The SMILES string of the molecule is COc1cc(C(=O)NCC(=O)Nc2cc(F)ccc2C)ccc1OC(F)F. The number of hydrogen-bond donors (Lipinski definition) is 2. The molecule has 0 aromatic heterocycles. The van der Waals surface area contributed by atoms with Gasteiger partial charge in [0.05, 0.1) is 13.7 Å². The van der Waals surface area contributed by atoms with E-state index in [4.69, 9.17) is 4.74 Å². The number of carbonyl (C=O) groups is 2. The van der Waals surface area contributed by atoms with Gasteiger partial charge in [0, 0.05) is 11.3 Å².